The SMILES string of the molecule is CCCCCCCCCCCCC(CCCCCN)C(=O)O. The summed E-state index contributed by atoms with van der Waals surface area (Å²) in [6.07, 6.45) is 17.8. The molecule has 3 heteroatoms. The fourth-order valence-corrected chi connectivity index (χ4v) is 2.98. The van der Waals surface area contributed by atoms with Gasteiger partial charge < -0.3 is 10.8 Å². The number of rotatable bonds is 17. The van der Waals surface area contributed by atoms with Crippen LogP contribution in [-0.4, -0.2) is 17.6 Å². The molecule has 0 saturated heterocycles. The summed E-state index contributed by atoms with van der Waals surface area (Å²) >= 11 is 0. The van der Waals surface area contributed by atoms with Crippen molar-refractivity contribution in [1.82, 2.24) is 0 Å². The number of hydrogen-bond acceptors (Lipinski definition) is 2. The van der Waals surface area contributed by atoms with Gasteiger partial charge in [0.1, 0.15) is 0 Å². The largest absolute Gasteiger partial charge is 0.481 e. The fourth-order valence-electron chi connectivity index (χ4n) is 2.98. The van der Waals surface area contributed by atoms with Crippen molar-refractivity contribution in [2.75, 3.05) is 6.54 Å². The van der Waals surface area contributed by atoms with Gasteiger partial charge in [-0.15, -0.1) is 0 Å². The summed E-state index contributed by atoms with van der Waals surface area (Å²) in [6.45, 7) is 2.97. The predicted octanol–water partition coefficient (Wildman–Crippen LogP) is 5.52. The van der Waals surface area contributed by atoms with Gasteiger partial charge in [0.15, 0.2) is 0 Å². The number of carbonyl (C=O) groups is 1. The minimum Gasteiger partial charge on any atom is -0.481 e. The maximum Gasteiger partial charge on any atom is 0.306 e. The molecule has 0 aromatic heterocycles. The Kier molecular flexibility index (Phi) is 16.4. The van der Waals surface area contributed by atoms with Crippen LogP contribution in [-0.2, 0) is 4.79 Å². The van der Waals surface area contributed by atoms with Gasteiger partial charge in [0.25, 0.3) is 0 Å². The normalized spacial score (nSPS) is 12.5. The van der Waals surface area contributed by atoms with Gasteiger partial charge in [0.2, 0.25) is 0 Å². The van der Waals surface area contributed by atoms with E-state index in [1.165, 1.54) is 57.8 Å². The third-order valence-corrected chi connectivity index (χ3v) is 4.51. The van der Waals surface area contributed by atoms with Crippen LogP contribution in [0.2, 0.25) is 0 Å². The first-order valence-electron chi connectivity index (χ1n) is 9.65. The average molecular weight is 314 g/mol. The lowest BCUT2D eigenvalue weighted by atomic mass is 9.94. The summed E-state index contributed by atoms with van der Waals surface area (Å²) in [7, 11) is 0. The maximum atomic E-state index is 11.2. The van der Waals surface area contributed by atoms with Gasteiger partial charge in [0.05, 0.1) is 5.92 Å². The van der Waals surface area contributed by atoms with Crippen LogP contribution in [0.4, 0.5) is 0 Å². The van der Waals surface area contributed by atoms with Crippen LogP contribution in [0.5, 0.6) is 0 Å². The van der Waals surface area contributed by atoms with E-state index < -0.39 is 5.97 Å². The number of nitrogens with two attached hydrogens (primary N) is 1. The molecule has 0 fully saturated rings. The third kappa shape index (κ3) is 14.4. The van der Waals surface area contributed by atoms with Crippen molar-refractivity contribution in [3.8, 4) is 0 Å². The van der Waals surface area contributed by atoms with Crippen molar-refractivity contribution < 1.29 is 9.90 Å². The molecule has 0 aliphatic heterocycles. The summed E-state index contributed by atoms with van der Waals surface area (Å²) in [6, 6.07) is 0. The van der Waals surface area contributed by atoms with Gasteiger partial charge in [-0.05, 0) is 25.8 Å². The molecule has 0 spiro atoms. The fraction of sp³-hybridized carbons (Fsp3) is 0.947. The van der Waals surface area contributed by atoms with Crippen LogP contribution in [0.15, 0.2) is 0 Å². The highest BCUT2D eigenvalue weighted by atomic mass is 16.4. The Morgan fingerprint density at radius 2 is 1.18 bits per heavy atom. The lowest BCUT2D eigenvalue weighted by Crippen LogP contribution is -2.13. The predicted molar refractivity (Wildman–Crippen MR) is 95.1 cm³/mol. The zero-order valence-electron chi connectivity index (χ0n) is 14.8. The molecule has 0 amide bonds. The Morgan fingerprint density at radius 3 is 1.59 bits per heavy atom. The molecule has 0 aromatic rings. The Balaban J connectivity index is 3.42. The first-order valence-corrected chi connectivity index (χ1v) is 9.65. The van der Waals surface area contributed by atoms with Gasteiger partial charge in [-0.25, -0.2) is 0 Å². The highest BCUT2D eigenvalue weighted by molar-refractivity contribution is 5.69. The van der Waals surface area contributed by atoms with E-state index in [9.17, 15) is 9.90 Å². The Morgan fingerprint density at radius 1 is 0.773 bits per heavy atom. The van der Waals surface area contributed by atoms with E-state index in [-0.39, 0.29) is 5.92 Å². The van der Waals surface area contributed by atoms with Crippen LogP contribution >= 0.6 is 0 Å². The van der Waals surface area contributed by atoms with Crippen molar-refractivity contribution in [2.45, 2.75) is 103 Å². The molecular formula is C19H39NO2. The van der Waals surface area contributed by atoms with E-state index in [1.807, 2.05) is 0 Å². The molecule has 0 bridgehead atoms. The molecule has 3 nitrogen and oxygen atoms in total. The highest BCUT2D eigenvalue weighted by Crippen LogP contribution is 2.19. The summed E-state index contributed by atoms with van der Waals surface area (Å²) in [5.41, 5.74) is 5.46. The Hall–Kier alpha value is -0.570. The lowest BCUT2D eigenvalue weighted by molar-refractivity contribution is -0.142. The molecule has 0 radical (unpaired) electrons. The molecule has 0 aliphatic rings. The highest BCUT2D eigenvalue weighted by Gasteiger charge is 2.15. The number of unbranched alkanes of at least 4 members (excludes halogenated alkanes) is 11. The van der Waals surface area contributed by atoms with Crippen LogP contribution in [0.25, 0.3) is 0 Å². The average Bonchev–Trinajstić information content (AvgIpc) is 2.50. The van der Waals surface area contributed by atoms with Crippen LogP contribution in [0.3, 0.4) is 0 Å². The zero-order valence-corrected chi connectivity index (χ0v) is 14.8. The quantitative estimate of drug-likeness (QED) is 0.348. The minimum atomic E-state index is -0.608. The number of aliphatic carboxylic acids is 1. The summed E-state index contributed by atoms with van der Waals surface area (Å²) in [5, 5.41) is 9.25. The topological polar surface area (TPSA) is 63.3 Å². The van der Waals surface area contributed by atoms with Crippen LogP contribution < -0.4 is 5.73 Å². The Labute approximate surface area is 138 Å². The molecule has 132 valence electrons. The van der Waals surface area contributed by atoms with Crippen molar-refractivity contribution in [1.29, 1.82) is 0 Å². The molecule has 22 heavy (non-hydrogen) atoms. The monoisotopic (exact) mass is 313 g/mol. The number of carboxylic acids is 1. The second kappa shape index (κ2) is 16.8. The van der Waals surface area contributed by atoms with Crippen LogP contribution in [0.1, 0.15) is 103 Å². The summed E-state index contributed by atoms with van der Waals surface area (Å²) in [5.74, 6) is -0.740. The molecule has 1 unspecified atom stereocenters. The molecule has 0 heterocycles. The van der Waals surface area contributed by atoms with Gasteiger partial charge in [0, 0.05) is 0 Å². The summed E-state index contributed by atoms with van der Waals surface area (Å²) in [4.78, 5) is 11.2. The van der Waals surface area contributed by atoms with E-state index >= 15 is 0 Å². The molecule has 0 aromatic carbocycles. The van der Waals surface area contributed by atoms with E-state index in [2.05, 4.69) is 6.92 Å². The molecule has 0 saturated carbocycles. The van der Waals surface area contributed by atoms with E-state index in [4.69, 9.17) is 5.73 Å². The standard InChI is InChI=1S/C19H39NO2/c1-2-3-4-5-6-7-8-9-10-12-15-18(19(21)22)16-13-11-14-17-20/h18H,2-17,20H2,1H3,(H,21,22). The van der Waals surface area contributed by atoms with Crippen molar-refractivity contribution in [3.63, 3.8) is 0 Å². The van der Waals surface area contributed by atoms with Gasteiger partial charge in [-0.1, -0.05) is 84.0 Å². The molecule has 1 atom stereocenters. The number of carboxylic acid groups (broad SMARTS) is 1. The second-order valence-electron chi connectivity index (χ2n) is 6.64. The third-order valence-electron chi connectivity index (χ3n) is 4.51. The van der Waals surface area contributed by atoms with Crippen molar-refractivity contribution in [3.05, 3.63) is 0 Å². The van der Waals surface area contributed by atoms with Gasteiger partial charge in [-0.3, -0.25) is 4.79 Å². The van der Waals surface area contributed by atoms with Crippen molar-refractivity contribution in [2.24, 2.45) is 11.7 Å². The molecule has 0 aliphatic carbocycles. The zero-order chi connectivity index (χ0) is 16.5. The van der Waals surface area contributed by atoms with Crippen molar-refractivity contribution >= 4 is 5.97 Å². The first kappa shape index (κ1) is 21.4. The summed E-state index contributed by atoms with van der Waals surface area (Å²) < 4.78 is 0. The van der Waals surface area contributed by atoms with E-state index in [1.54, 1.807) is 0 Å². The van der Waals surface area contributed by atoms with Gasteiger partial charge in [-0.2, -0.15) is 0 Å². The molecular weight excluding hydrogens is 274 g/mol. The molecule has 3 N–H and O–H groups in total. The maximum absolute atomic E-state index is 11.2. The Bertz CT molecular complexity index is 244. The van der Waals surface area contributed by atoms with Gasteiger partial charge >= 0.3 is 5.97 Å². The second-order valence-corrected chi connectivity index (χ2v) is 6.64. The lowest BCUT2D eigenvalue weighted by Gasteiger charge is -2.12. The van der Waals surface area contributed by atoms with E-state index in [0.29, 0.717) is 0 Å². The minimum absolute atomic E-state index is 0.133. The smallest absolute Gasteiger partial charge is 0.306 e. The number of hydrogen-bond donors (Lipinski definition) is 2. The van der Waals surface area contributed by atoms with E-state index in [0.717, 1.165) is 45.1 Å². The van der Waals surface area contributed by atoms with Crippen LogP contribution in [0, 0.1) is 5.92 Å². The first-order chi connectivity index (χ1) is 10.7. The molecule has 0 rings (SSSR count).